The van der Waals surface area contributed by atoms with Crippen LogP contribution in [0.3, 0.4) is 0 Å². The summed E-state index contributed by atoms with van der Waals surface area (Å²) in [5, 5.41) is 11.5. The highest BCUT2D eigenvalue weighted by Crippen LogP contribution is 2.40. The number of hydrogen-bond donors (Lipinski definition) is 1. The number of likely N-dealkylation sites (tertiary alicyclic amines) is 1. The number of hydrogen-bond acceptors (Lipinski definition) is 5. The average Bonchev–Trinajstić information content (AvgIpc) is 2.99. The van der Waals surface area contributed by atoms with E-state index >= 15 is 0 Å². The van der Waals surface area contributed by atoms with Crippen molar-refractivity contribution in [2.45, 2.75) is 19.4 Å². The van der Waals surface area contributed by atoms with E-state index in [0.29, 0.717) is 35.9 Å². The van der Waals surface area contributed by atoms with Gasteiger partial charge in [-0.3, -0.25) is 9.59 Å². The molecule has 1 unspecified atom stereocenters. The van der Waals surface area contributed by atoms with E-state index in [1.807, 2.05) is 50.2 Å². The Morgan fingerprint density at radius 3 is 2.59 bits per heavy atom. The zero-order chi connectivity index (χ0) is 23.4. The molecule has 170 valence electrons. The quantitative estimate of drug-likeness (QED) is 0.305. The molecule has 32 heavy (non-hydrogen) atoms. The molecule has 8 heteroatoms. The highest BCUT2D eigenvalue weighted by molar-refractivity contribution is 9.10. The summed E-state index contributed by atoms with van der Waals surface area (Å²) in [6, 6.07) is 11.5. The number of aliphatic hydroxyl groups is 1. The zero-order valence-electron chi connectivity index (χ0n) is 18.3. The second kappa shape index (κ2) is 10.5. The maximum Gasteiger partial charge on any atom is 0.295 e. The number of Topliss-reactive ketones (excluding diaryl/α,β-unsaturated/α-hetero) is 1. The Kier molecular flexibility index (Phi) is 7.98. The lowest BCUT2D eigenvalue weighted by atomic mass is 9.95. The molecule has 0 bridgehead atoms. The van der Waals surface area contributed by atoms with Gasteiger partial charge in [0.05, 0.1) is 23.2 Å². The predicted octanol–water partition coefficient (Wildman–Crippen LogP) is 4.87. The summed E-state index contributed by atoms with van der Waals surface area (Å²) in [7, 11) is 3.91. The van der Waals surface area contributed by atoms with Gasteiger partial charge in [0, 0.05) is 16.6 Å². The first-order valence-corrected chi connectivity index (χ1v) is 11.5. The summed E-state index contributed by atoms with van der Waals surface area (Å²) < 4.78 is 6.27. The lowest BCUT2D eigenvalue weighted by Crippen LogP contribution is -2.32. The van der Waals surface area contributed by atoms with E-state index in [-0.39, 0.29) is 11.3 Å². The number of halogens is 2. The molecule has 0 saturated carbocycles. The molecule has 0 spiro atoms. The highest BCUT2D eigenvalue weighted by atomic mass is 79.9. The third-order valence-corrected chi connectivity index (χ3v) is 6.00. The molecule has 1 aliphatic heterocycles. The van der Waals surface area contributed by atoms with Gasteiger partial charge < -0.3 is 19.6 Å². The molecule has 1 fully saturated rings. The largest absolute Gasteiger partial charge is 0.507 e. The van der Waals surface area contributed by atoms with Crippen molar-refractivity contribution in [3.05, 3.63) is 68.7 Å². The van der Waals surface area contributed by atoms with Gasteiger partial charge in [0.15, 0.2) is 0 Å². The Hall–Kier alpha value is -2.35. The number of ketones is 1. The van der Waals surface area contributed by atoms with E-state index in [0.717, 1.165) is 16.6 Å². The van der Waals surface area contributed by atoms with Crippen LogP contribution < -0.4 is 4.74 Å². The Morgan fingerprint density at radius 2 is 1.97 bits per heavy atom. The molecule has 1 heterocycles. The number of carbonyl (C=O) groups excluding carboxylic acids is 2. The van der Waals surface area contributed by atoms with Gasteiger partial charge in [-0.1, -0.05) is 39.7 Å². The summed E-state index contributed by atoms with van der Waals surface area (Å²) in [5.74, 6) is -1.10. The monoisotopic (exact) mass is 520 g/mol. The molecule has 6 nitrogen and oxygen atoms in total. The van der Waals surface area contributed by atoms with Crippen LogP contribution in [-0.2, 0) is 9.59 Å². The molecule has 1 aliphatic rings. The number of amides is 1. The zero-order valence-corrected chi connectivity index (χ0v) is 20.6. The van der Waals surface area contributed by atoms with Gasteiger partial charge in [-0.2, -0.15) is 0 Å². The van der Waals surface area contributed by atoms with Crippen molar-refractivity contribution in [2.24, 2.45) is 0 Å². The normalized spacial score (nSPS) is 17.9. The number of benzene rings is 2. The minimum absolute atomic E-state index is 0.0539. The van der Waals surface area contributed by atoms with Crippen LogP contribution in [-0.4, -0.2) is 60.4 Å². The standard InChI is InChI=1S/C24H26BrClN2O4/c1-4-32-19-10-9-16(14-18(19)26)22(29)20-21(15-7-5-8-17(25)13-15)28(24(31)23(20)30)12-6-11-27(2)3/h5,7-10,13-14,21,29H,4,6,11-12H2,1-3H3. The molecule has 1 atom stereocenters. The fourth-order valence-corrected chi connectivity index (χ4v) is 4.42. The van der Waals surface area contributed by atoms with Gasteiger partial charge in [-0.15, -0.1) is 0 Å². The van der Waals surface area contributed by atoms with Crippen molar-refractivity contribution < 1.29 is 19.4 Å². The highest BCUT2D eigenvalue weighted by Gasteiger charge is 2.45. The van der Waals surface area contributed by atoms with Crippen molar-refractivity contribution in [2.75, 3.05) is 33.8 Å². The Labute approximate surface area is 201 Å². The third-order valence-electron chi connectivity index (χ3n) is 5.21. The predicted molar refractivity (Wildman–Crippen MR) is 129 cm³/mol. The molecule has 0 radical (unpaired) electrons. The van der Waals surface area contributed by atoms with Crippen LogP contribution in [0.15, 0.2) is 52.5 Å². The first-order valence-electron chi connectivity index (χ1n) is 10.4. The first kappa shape index (κ1) is 24.3. The van der Waals surface area contributed by atoms with Crippen LogP contribution in [0.4, 0.5) is 0 Å². The van der Waals surface area contributed by atoms with Crippen molar-refractivity contribution in [3.8, 4) is 5.75 Å². The number of aliphatic hydroxyl groups excluding tert-OH is 1. The second-order valence-electron chi connectivity index (χ2n) is 7.78. The van der Waals surface area contributed by atoms with Gasteiger partial charge in [-0.25, -0.2) is 0 Å². The van der Waals surface area contributed by atoms with Crippen LogP contribution in [0.1, 0.15) is 30.5 Å². The molecular weight excluding hydrogens is 496 g/mol. The molecule has 1 amide bonds. The Balaban J connectivity index is 2.09. The topological polar surface area (TPSA) is 70.1 Å². The summed E-state index contributed by atoms with van der Waals surface area (Å²) >= 11 is 9.75. The van der Waals surface area contributed by atoms with Crippen molar-refractivity contribution in [1.82, 2.24) is 9.80 Å². The van der Waals surface area contributed by atoms with Crippen molar-refractivity contribution in [3.63, 3.8) is 0 Å². The van der Waals surface area contributed by atoms with Gasteiger partial charge in [-0.05, 0) is 69.9 Å². The maximum absolute atomic E-state index is 13.1. The van der Waals surface area contributed by atoms with E-state index < -0.39 is 17.7 Å². The van der Waals surface area contributed by atoms with Gasteiger partial charge in [0.1, 0.15) is 11.5 Å². The molecule has 0 aliphatic carbocycles. The Bertz CT molecular complexity index is 1050. The second-order valence-corrected chi connectivity index (χ2v) is 9.11. The van der Waals surface area contributed by atoms with Gasteiger partial charge >= 0.3 is 0 Å². The van der Waals surface area contributed by atoms with Crippen LogP contribution in [0, 0.1) is 0 Å². The summed E-state index contributed by atoms with van der Waals surface area (Å²) in [4.78, 5) is 29.6. The van der Waals surface area contributed by atoms with E-state index in [4.69, 9.17) is 16.3 Å². The number of rotatable bonds is 8. The minimum atomic E-state index is -0.706. The molecule has 3 rings (SSSR count). The number of carbonyl (C=O) groups is 2. The fraction of sp³-hybridized carbons (Fsp3) is 0.333. The smallest absolute Gasteiger partial charge is 0.295 e. The maximum atomic E-state index is 13.1. The third kappa shape index (κ3) is 5.17. The summed E-state index contributed by atoms with van der Waals surface area (Å²) in [6.07, 6.45) is 0.694. The molecule has 1 saturated heterocycles. The SMILES string of the molecule is CCOc1ccc(C(O)=C2C(=O)C(=O)N(CCCN(C)C)C2c2cccc(Br)c2)cc1Cl. The number of ether oxygens (including phenoxy) is 1. The summed E-state index contributed by atoms with van der Waals surface area (Å²) in [5.41, 5.74) is 1.14. The van der Waals surface area contributed by atoms with Crippen LogP contribution in [0.5, 0.6) is 5.75 Å². The van der Waals surface area contributed by atoms with E-state index in [2.05, 4.69) is 15.9 Å². The molecule has 1 N–H and O–H groups in total. The minimum Gasteiger partial charge on any atom is -0.507 e. The molecule has 0 aromatic heterocycles. The molecular formula is C24H26BrClN2O4. The summed E-state index contributed by atoms with van der Waals surface area (Å²) in [6.45, 7) is 3.45. The van der Waals surface area contributed by atoms with Crippen molar-refractivity contribution in [1.29, 1.82) is 0 Å². The molecule has 2 aromatic rings. The van der Waals surface area contributed by atoms with Crippen molar-refractivity contribution >= 4 is 45.0 Å². The van der Waals surface area contributed by atoms with Gasteiger partial charge in [0.2, 0.25) is 0 Å². The van der Waals surface area contributed by atoms with Crippen LogP contribution in [0.25, 0.3) is 5.76 Å². The fourth-order valence-electron chi connectivity index (χ4n) is 3.77. The lowest BCUT2D eigenvalue weighted by molar-refractivity contribution is -0.139. The van der Waals surface area contributed by atoms with E-state index in [9.17, 15) is 14.7 Å². The van der Waals surface area contributed by atoms with E-state index in [1.54, 1.807) is 18.2 Å². The average molecular weight is 522 g/mol. The number of nitrogens with zero attached hydrogens (tertiary/aromatic N) is 2. The van der Waals surface area contributed by atoms with Crippen LogP contribution in [0.2, 0.25) is 5.02 Å². The van der Waals surface area contributed by atoms with Gasteiger partial charge in [0.25, 0.3) is 11.7 Å². The lowest BCUT2D eigenvalue weighted by Gasteiger charge is -2.26. The first-order chi connectivity index (χ1) is 15.2. The Morgan fingerprint density at radius 1 is 1.22 bits per heavy atom. The van der Waals surface area contributed by atoms with Crippen LogP contribution >= 0.6 is 27.5 Å². The molecule has 2 aromatic carbocycles. The van der Waals surface area contributed by atoms with E-state index in [1.165, 1.54) is 4.90 Å².